The number of halogens is 1. The summed E-state index contributed by atoms with van der Waals surface area (Å²) >= 11 is 0. The van der Waals surface area contributed by atoms with Gasteiger partial charge in [-0.25, -0.2) is 9.98 Å². The van der Waals surface area contributed by atoms with Gasteiger partial charge >= 0.3 is 0 Å². The van der Waals surface area contributed by atoms with E-state index in [-0.39, 0.29) is 24.0 Å². The van der Waals surface area contributed by atoms with Crippen LogP contribution in [0.15, 0.2) is 71.9 Å². The molecule has 0 aliphatic rings. The van der Waals surface area contributed by atoms with E-state index in [1.54, 1.807) is 0 Å². The summed E-state index contributed by atoms with van der Waals surface area (Å²) in [6.45, 7) is 4.53. The Morgan fingerprint density at radius 3 is 2.46 bits per heavy atom. The van der Waals surface area contributed by atoms with Crippen molar-refractivity contribution in [1.29, 1.82) is 0 Å². The number of para-hydroxylation sites is 1. The van der Waals surface area contributed by atoms with Gasteiger partial charge in [0.25, 0.3) is 0 Å². The summed E-state index contributed by atoms with van der Waals surface area (Å²) in [7, 11) is 0. The molecular formula is C21H26IN5O. The highest BCUT2D eigenvalue weighted by Gasteiger charge is 2.03. The van der Waals surface area contributed by atoms with Crippen molar-refractivity contribution in [1.82, 2.24) is 20.6 Å². The molecule has 0 aliphatic heterocycles. The van der Waals surface area contributed by atoms with Crippen LogP contribution >= 0.6 is 24.0 Å². The van der Waals surface area contributed by atoms with Gasteiger partial charge in [0, 0.05) is 6.54 Å². The summed E-state index contributed by atoms with van der Waals surface area (Å²) < 4.78 is 5.69. The molecule has 0 aliphatic carbocycles. The maximum Gasteiger partial charge on any atom is 0.191 e. The molecule has 0 saturated heterocycles. The molecule has 2 aromatic carbocycles. The number of benzene rings is 2. The molecule has 3 rings (SSSR count). The van der Waals surface area contributed by atoms with E-state index in [4.69, 9.17) is 4.74 Å². The summed E-state index contributed by atoms with van der Waals surface area (Å²) in [6.07, 6.45) is 1.84. The molecule has 148 valence electrons. The second-order valence-electron chi connectivity index (χ2n) is 5.89. The zero-order valence-corrected chi connectivity index (χ0v) is 18.2. The molecule has 3 aromatic rings. The predicted octanol–water partition coefficient (Wildman–Crippen LogP) is 3.83. The van der Waals surface area contributed by atoms with Crippen LogP contribution in [0, 0.1) is 0 Å². The minimum atomic E-state index is 0. The molecule has 0 unspecified atom stereocenters. The molecule has 0 fully saturated rings. The summed E-state index contributed by atoms with van der Waals surface area (Å²) in [4.78, 5) is 12.3. The van der Waals surface area contributed by atoms with Crippen LogP contribution in [0.5, 0.6) is 5.75 Å². The molecule has 6 nitrogen and oxygen atoms in total. The first-order chi connectivity index (χ1) is 13.3. The number of ether oxygens (including phenoxy) is 1. The maximum atomic E-state index is 5.69. The lowest BCUT2D eigenvalue weighted by atomic mass is 10.2. The third-order valence-corrected chi connectivity index (χ3v) is 3.85. The zero-order chi connectivity index (χ0) is 18.7. The lowest BCUT2D eigenvalue weighted by molar-refractivity contribution is 0.322. The number of aromatic nitrogens is 2. The van der Waals surface area contributed by atoms with Crippen LogP contribution in [0.25, 0.3) is 11.3 Å². The van der Waals surface area contributed by atoms with Gasteiger partial charge in [0.2, 0.25) is 0 Å². The van der Waals surface area contributed by atoms with E-state index in [0.717, 1.165) is 35.3 Å². The van der Waals surface area contributed by atoms with Crippen LogP contribution in [-0.2, 0) is 6.54 Å². The number of hydrogen-bond donors (Lipinski definition) is 3. The molecule has 1 heterocycles. The SMILES string of the molecule is CCNC(=NCc1ncc(-c2ccccc2)[nH]1)NCCOc1ccccc1.I. The number of aromatic amines is 1. The quantitative estimate of drug-likeness (QED) is 0.194. The number of nitrogens with one attached hydrogen (secondary N) is 3. The number of H-pyrrole nitrogens is 1. The minimum absolute atomic E-state index is 0. The van der Waals surface area contributed by atoms with Crippen molar-refractivity contribution in [3.63, 3.8) is 0 Å². The van der Waals surface area contributed by atoms with Gasteiger partial charge in [-0.2, -0.15) is 0 Å². The van der Waals surface area contributed by atoms with Gasteiger partial charge in [0.15, 0.2) is 5.96 Å². The second kappa shape index (κ2) is 12.0. The molecule has 0 atom stereocenters. The van der Waals surface area contributed by atoms with Crippen molar-refractivity contribution >= 4 is 29.9 Å². The molecule has 0 amide bonds. The van der Waals surface area contributed by atoms with Crippen LogP contribution in [-0.4, -0.2) is 35.6 Å². The predicted molar refractivity (Wildman–Crippen MR) is 124 cm³/mol. The molecule has 0 saturated carbocycles. The van der Waals surface area contributed by atoms with Crippen molar-refractivity contribution in [3.05, 3.63) is 72.7 Å². The first-order valence-electron chi connectivity index (χ1n) is 9.14. The van der Waals surface area contributed by atoms with Gasteiger partial charge in [0.05, 0.1) is 18.4 Å². The van der Waals surface area contributed by atoms with Gasteiger partial charge in [-0.1, -0.05) is 48.5 Å². The van der Waals surface area contributed by atoms with Crippen molar-refractivity contribution in [2.45, 2.75) is 13.5 Å². The molecule has 28 heavy (non-hydrogen) atoms. The summed E-state index contributed by atoms with van der Waals surface area (Å²) in [5.41, 5.74) is 2.11. The maximum absolute atomic E-state index is 5.69. The Balaban J connectivity index is 0.00000280. The van der Waals surface area contributed by atoms with E-state index < -0.39 is 0 Å². The van der Waals surface area contributed by atoms with Crippen LogP contribution in [0.2, 0.25) is 0 Å². The molecule has 0 spiro atoms. The van der Waals surface area contributed by atoms with Crippen molar-refractivity contribution < 1.29 is 4.74 Å². The van der Waals surface area contributed by atoms with E-state index in [9.17, 15) is 0 Å². The lowest BCUT2D eigenvalue weighted by Crippen LogP contribution is -2.39. The van der Waals surface area contributed by atoms with E-state index in [2.05, 4.69) is 37.7 Å². The van der Waals surface area contributed by atoms with Gasteiger partial charge < -0.3 is 20.4 Å². The number of guanidine groups is 1. The van der Waals surface area contributed by atoms with Gasteiger partial charge in [-0.3, -0.25) is 0 Å². The number of aliphatic imine (C=N–C) groups is 1. The van der Waals surface area contributed by atoms with Crippen molar-refractivity contribution in [2.75, 3.05) is 19.7 Å². The van der Waals surface area contributed by atoms with Crippen LogP contribution < -0.4 is 15.4 Å². The Hall–Kier alpha value is -2.55. The number of nitrogens with zero attached hydrogens (tertiary/aromatic N) is 2. The van der Waals surface area contributed by atoms with Crippen LogP contribution in [0.4, 0.5) is 0 Å². The van der Waals surface area contributed by atoms with Crippen LogP contribution in [0.1, 0.15) is 12.7 Å². The minimum Gasteiger partial charge on any atom is -0.492 e. The number of hydrogen-bond acceptors (Lipinski definition) is 3. The fraction of sp³-hybridized carbons (Fsp3) is 0.238. The fourth-order valence-electron chi connectivity index (χ4n) is 2.56. The Morgan fingerprint density at radius 2 is 1.75 bits per heavy atom. The molecule has 7 heteroatoms. The summed E-state index contributed by atoms with van der Waals surface area (Å²) in [6, 6.07) is 19.9. The van der Waals surface area contributed by atoms with E-state index in [1.807, 2.05) is 61.7 Å². The Morgan fingerprint density at radius 1 is 1.04 bits per heavy atom. The number of rotatable bonds is 8. The Labute approximate surface area is 182 Å². The van der Waals surface area contributed by atoms with E-state index in [1.165, 1.54) is 0 Å². The van der Waals surface area contributed by atoms with Crippen LogP contribution in [0.3, 0.4) is 0 Å². The van der Waals surface area contributed by atoms with E-state index in [0.29, 0.717) is 19.7 Å². The number of imidazole rings is 1. The monoisotopic (exact) mass is 491 g/mol. The van der Waals surface area contributed by atoms with Gasteiger partial charge in [-0.05, 0) is 24.6 Å². The summed E-state index contributed by atoms with van der Waals surface area (Å²) in [5, 5.41) is 6.50. The van der Waals surface area contributed by atoms with Gasteiger partial charge in [0.1, 0.15) is 24.7 Å². The van der Waals surface area contributed by atoms with Crippen molar-refractivity contribution in [2.24, 2.45) is 4.99 Å². The Bertz CT molecular complexity index is 836. The van der Waals surface area contributed by atoms with Crippen molar-refractivity contribution in [3.8, 4) is 17.0 Å². The molecule has 0 radical (unpaired) electrons. The average molecular weight is 491 g/mol. The first-order valence-corrected chi connectivity index (χ1v) is 9.14. The third-order valence-electron chi connectivity index (χ3n) is 3.85. The average Bonchev–Trinajstić information content (AvgIpc) is 3.20. The Kier molecular flexibility index (Phi) is 9.33. The standard InChI is InChI=1S/C21H25N5O.HI/c1-2-22-21(23-13-14-27-18-11-7-4-8-12-18)25-16-20-24-15-19(26-20)17-9-5-3-6-10-17;/h3-12,15H,2,13-14,16H2,1H3,(H,24,26)(H2,22,23,25);1H. The van der Waals surface area contributed by atoms with E-state index >= 15 is 0 Å². The normalized spacial score (nSPS) is 10.8. The molecular weight excluding hydrogens is 465 g/mol. The molecule has 1 aromatic heterocycles. The fourth-order valence-corrected chi connectivity index (χ4v) is 2.56. The lowest BCUT2D eigenvalue weighted by Gasteiger charge is -2.11. The third kappa shape index (κ3) is 6.88. The highest BCUT2D eigenvalue weighted by molar-refractivity contribution is 14.0. The van der Waals surface area contributed by atoms with Gasteiger partial charge in [-0.15, -0.1) is 24.0 Å². The largest absolute Gasteiger partial charge is 0.492 e. The molecule has 0 bridgehead atoms. The second-order valence-corrected chi connectivity index (χ2v) is 5.89. The highest BCUT2D eigenvalue weighted by Crippen LogP contribution is 2.16. The molecule has 3 N–H and O–H groups in total. The zero-order valence-electron chi connectivity index (χ0n) is 15.9. The smallest absolute Gasteiger partial charge is 0.191 e. The summed E-state index contributed by atoms with van der Waals surface area (Å²) in [5.74, 6) is 2.43. The topological polar surface area (TPSA) is 74.3 Å². The highest BCUT2D eigenvalue weighted by atomic mass is 127. The first kappa shape index (κ1) is 21.7.